The molecule has 0 aliphatic carbocycles. The SMILES string of the molecule is CNCc1ccc(-c2cc3cc(F)cc(OC(C)=O)c3o2)cn1. The second-order valence-corrected chi connectivity index (χ2v) is 5.10. The average Bonchev–Trinajstić information content (AvgIpc) is 2.91. The van der Waals surface area contributed by atoms with E-state index >= 15 is 0 Å². The van der Waals surface area contributed by atoms with Crippen LogP contribution in [0.2, 0.25) is 0 Å². The van der Waals surface area contributed by atoms with E-state index in [0.717, 1.165) is 17.3 Å². The number of furan rings is 1. The normalized spacial score (nSPS) is 10.9. The third-order valence-electron chi connectivity index (χ3n) is 3.27. The van der Waals surface area contributed by atoms with Gasteiger partial charge < -0.3 is 14.5 Å². The number of esters is 1. The Balaban J connectivity index is 2.03. The third kappa shape index (κ3) is 3.22. The van der Waals surface area contributed by atoms with Gasteiger partial charge in [0.05, 0.1) is 5.69 Å². The fourth-order valence-electron chi connectivity index (χ4n) is 2.31. The van der Waals surface area contributed by atoms with Crippen molar-refractivity contribution < 1.29 is 18.3 Å². The number of aromatic nitrogens is 1. The summed E-state index contributed by atoms with van der Waals surface area (Å²) in [4.78, 5) is 15.5. The molecular weight excluding hydrogens is 299 g/mol. The van der Waals surface area contributed by atoms with E-state index in [4.69, 9.17) is 9.15 Å². The molecule has 3 aromatic rings. The largest absolute Gasteiger partial charge is 0.452 e. The maximum Gasteiger partial charge on any atom is 0.308 e. The molecule has 0 fully saturated rings. The number of carbonyl (C=O) groups is 1. The van der Waals surface area contributed by atoms with Gasteiger partial charge in [-0.3, -0.25) is 9.78 Å². The number of nitrogens with one attached hydrogen (secondary N) is 1. The molecule has 0 bridgehead atoms. The number of carbonyl (C=O) groups excluding carboxylic acids is 1. The topological polar surface area (TPSA) is 64.4 Å². The number of hydrogen-bond donors (Lipinski definition) is 1. The highest BCUT2D eigenvalue weighted by molar-refractivity contribution is 5.89. The highest BCUT2D eigenvalue weighted by Crippen LogP contribution is 2.34. The van der Waals surface area contributed by atoms with E-state index in [1.54, 1.807) is 12.3 Å². The van der Waals surface area contributed by atoms with Crippen molar-refractivity contribution in [3.05, 3.63) is 48.0 Å². The van der Waals surface area contributed by atoms with Crippen LogP contribution < -0.4 is 10.1 Å². The van der Waals surface area contributed by atoms with Crippen LogP contribution in [0.25, 0.3) is 22.3 Å². The van der Waals surface area contributed by atoms with Gasteiger partial charge in [0.1, 0.15) is 11.6 Å². The number of pyridine rings is 1. The van der Waals surface area contributed by atoms with Gasteiger partial charge in [-0.15, -0.1) is 0 Å². The first-order chi connectivity index (χ1) is 11.1. The Kier molecular flexibility index (Phi) is 4.08. The van der Waals surface area contributed by atoms with Crippen LogP contribution in [0.4, 0.5) is 4.39 Å². The summed E-state index contributed by atoms with van der Waals surface area (Å²) in [5.41, 5.74) is 1.99. The second kappa shape index (κ2) is 6.18. The van der Waals surface area contributed by atoms with E-state index < -0.39 is 11.8 Å². The van der Waals surface area contributed by atoms with Crippen molar-refractivity contribution in [3.8, 4) is 17.1 Å². The van der Waals surface area contributed by atoms with Gasteiger partial charge in [-0.25, -0.2) is 4.39 Å². The van der Waals surface area contributed by atoms with Gasteiger partial charge >= 0.3 is 5.97 Å². The summed E-state index contributed by atoms with van der Waals surface area (Å²) in [5, 5.41) is 3.54. The van der Waals surface area contributed by atoms with Crippen LogP contribution in [0.3, 0.4) is 0 Å². The molecule has 118 valence electrons. The Morgan fingerprint density at radius 1 is 1.35 bits per heavy atom. The molecule has 0 saturated carbocycles. The van der Waals surface area contributed by atoms with E-state index in [2.05, 4.69) is 10.3 Å². The highest BCUT2D eigenvalue weighted by atomic mass is 19.1. The van der Waals surface area contributed by atoms with Gasteiger partial charge in [0.15, 0.2) is 11.3 Å². The molecule has 0 aliphatic rings. The zero-order valence-electron chi connectivity index (χ0n) is 12.7. The standard InChI is InChI=1S/C17H15FN2O3/c1-10(21)22-16-7-13(18)5-12-6-15(23-17(12)16)11-3-4-14(9-19-2)20-8-11/h3-8,19H,9H2,1-2H3. The number of fused-ring (bicyclic) bond motifs is 1. The first-order valence-electron chi connectivity index (χ1n) is 7.08. The molecule has 0 atom stereocenters. The van der Waals surface area contributed by atoms with Crippen molar-refractivity contribution in [3.63, 3.8) is 0 Å². The molecule has 0 spiro atoms. The summed E-state index contributed by atoms with van der Waals surface area (Å²) in [6.07, 6.45) is 1.69. The van der Waals surface area contributed by atoms with Crippen LogP contribution in [0, 0.1) is 5.82 Å². The van der Waals surface area contributed by atoms with E-state index in [-0.39, 0.29) is 5.75 Å². The van der Waals surface area contributed by atoms with E-state index in [9.17, 15) is 9.18 Å². The Morgan fingerprint density at radius 2 is 2.17 bits per heavy atom. The molecule has 0 aliphatic heterocycles. The molecule has 0 amide bonds. The van der Waals surface area contributed by atoms with Crippen LogP contribution >= 0.6 is 0 Å². The van der Waals surface area contributed by atoms with Crippen molar-refractivity contribution >= 4 is 16.9 Å². The average molecular weight is 314 g/mol. The molecule has 1 N–H and O–H groups in total. The molecule has 6 heteroatoms. The van der Waals surface area contributed by atoms with Crippen molar-refractivity contribution in [2.24, 2.45) is 0 Å². The van der Waals surface area contributed by atoms with Crippen molar-refractivity contribution in [2.75, 3.05) is 7.05 Å². The molecule has 0 radical (unpaired) electrons. The Labute approximate surface area is 132 Å². The van der Waals surface area contributed by atoms with Gasteiger partial charge in [0.25, 0.3) is 0 Å². The monoisotopic (exact) mass is 314 g/mol. The lowest BCUT2D eigenvalue weighted by molar-refractivity contribution is -0.131. The van der Waals surface area contributed by atoms with Gasteiger partial charge in [-0.1, -0.05) is 0 Å². The van der Waals surface area contributed by atoms with E-state index in [1.807, 2.05) is 19.2 Å². The predicted octanol–water partition coefficient (Wildman–Crippen LogP) is 3.28. The summed E-state index contributed by atoms with van der Waals surface area (Å²) in [6, 6.07) is 7.91. The maximum atomic E-state index is 13.6. The Hall–Kier alpha value is -2.73. The molecular formula is C17H15FN2O3. The van der Waals surface area contributed by atoms with Crippen molar-refractivity contribution in [1.82, 2.24) is 10.3 Å². The van der Waals surface area contributed by atoms with Crippen LogP contribution in [-0.2, 0) is 11.3 Å². The molecule has 3 rings (SSSR count). The molecule has 1 aromatic carbocycles. The summed E-state index contributed by atoms with van der Waals surface area (Å²) >= 11 is 0. The fourth-order valence-corrected chi connectivity index (χ4v) is 2.31. The van der Waals surface area contributed by atoms with Gasteiger partial charge in [0.2, 0.25) is 0 Å². The minimum atomic E-state index is -0.534. The molecule has 2 aromatic heterocycles. The Morgan fingerprint density at radius 3 is 2.83 bits per heavy atom. The molecule has 2 heterocycles. The highest BCUT2D eigenvalue weighted by Gasteiger charge is 2.14. The molecule has 23 heavy (non-hydrogen) atoms. The number of nitrogens with zero attached hydrogens (tertiary/aromatic N) is 1. The molecule has 5 nitrogen and oxygen atoms in total. The fraction of sp³-hybridized carbons (Fsp3) is 0.176. The first kappa shape index (κ1) is 15.2. The first-order valence-corrected chi connectivity index (χ1v) is 7.08. The quantitative estimate of drug-likeness (QED) is 0.591. The van der Waals surface area contributed by atoms with Gasteiger partial charge in [-0.05, 0) is 31.3 Å². The van der Waals surface area contributed by atoms with Crippen LogP contribution in [0.1, 0.15) is 12.6 Å². The summed E-state index contributed by atoms with van der Waals surface area (Å²) in [7, 11) is 1.85. The van der Waals surface area contributed by atoms with Crippen LogP contribution in [0.15, 0.2) is 40.9 Å². The zero-order chi connectivity index (χ0) is 16.4. The van der Waals surface area contributed by atoms with E-state index in [1.165, 1.54) is 13.0 Å². The maximum absolute atomic E-state index is 13.6. The number of hydrogen-bond acceptors (Lipinski definition) is 5. The summed E-state index contributed by atoms with van der Waals surface area (Å²) < 4.78 is 24.4. The lowest BCUT2D eigenvalue weighted by Gasteiger charge is -2.02. The zero-order valence-corrected chi connectivity index (χ0v) is 12.7. The smallest absolute Gasteiger partial charge is 0.308 e. The summed E-state index contributed by atoms with van der Waals surface area (Å²) in [5.74, 6) is -0.433. The van der Waals surface area contributed by atoms with Crippen LogP contribution in [0.5, 0.6) is 5.75 Å². The van der Waals surface area contributed by atoms with Crippen LogP contribution in [-0.4, -0.2) is 18.0 Å². The third-order valence-corrected chi connectivity index (χ3v) is 3.27. The van der Waals surface area contributed by atoms with Gasteiger partial charge in [0, 0.05) is 36.7 Å². The number of benzene rings is 1. The predicted molar refractivity (Wildman–Crippen MR) is 83.5 cm³/mol. The number of ether oxygens (including phenoxy) is 1. The van der Waals surface area contributed by atoms with Gasteiger partial charge in [-0.2, -0.15) is 0 Å². The second-order valence-electron chi connectivity index (χ2n) is 5.10. The lowest BCUT2D eigenvalue weighted by Crippen LogP contribution is -2.06. The number of halogens is 1. The minimum absolute atomic E-state index is 0.0681. The number of rotatable bonds is 4. The van der Waals surface area contributed by atoms with E-state index in [0.29, 0.717) is 23.3 Å². The lowest BCUT2D eigenvalue weighted by atomic mass is 10.2. The Bertz CT molecular complexity index is 856. The van der Waals surface area contributed by atoms with Crippen molar-refractivity contribution in [2.45, 2.75) is 13.5 Å². The van der Waals surface area contributed by atoms with Crippen molar-refractivity contribution in [1.29, 1.82) is 0 Å². The minimum Gasteiger partial charge on any atom is -0.452 e. The summed E-state index contributed by atoms with van der Waals surface area (Å²) in [6.45, 7) is 1.92. The molecule has 0 unspecified atom stereocenters. The molecule has 0 saturated heterocycles.